The van der Waals surface area contributed by atoms with Gasteiger partial charge in [-0.25, -0.2) is 0 Å². The Hall–Kier alpha value is -1.31. The quantitative estimate of drug-likeness (QED) is 0.850. The molecule has 1 aliphatic rings. The number of carbonyl (C=O) groups is 1. The van der Waals surface area contributed by atoms with E-state index in [4.69, 9.17) is 0 Å². The van der Waals surface area contributed by atoms with Crippen molar-refractivity contribution >= 4 is 5.91 Å². The van der Waals surface area contributed by atoms with Crippen LogP contribution in [0.2, 0.25) is 0 Å². The molecular weight excluding hydrogens is 210 g/mol. The molecule has 0 spiro atoms. The molecule has 0 saturated heterocycles. The van der Waals surface area contributed by atoms with Gasteiger partial charge in [0.2, 0.25) is 0 Å². The Morgan fingerprint density at radius 1 is 1.29 bits per heavy atom. The molecular formula is C15H21NO. The highest BCUT2D eigenvalue weighted by atomic mass is 16.1. The Morgan fingerprint density at radius 2 is 2.00 bits per heavy atom. The molecule has 1 N–H and O–H groups in total. The lowest BCUT2D eigenvalue weighted by Crippen LogP contribution is -2.37. The molecule has 1 aromatic carbocycles. The number of carbonyl (C=O) groups excluding carboxylic acids is 1. The summed E-state index contributed by atoms with van der Waals surface area (Å²) in [5.41, 5.74) is 0.764. The van der Waals surface area contributed by atoms with Gasteiger partial charge in [-0.05, 0) is 36.8 Å². The van der Waals surface area contributed by atoms with E-state index in [0.717, 1.165) is 17.9 Å². The minimum absolute atomic E-state index is 0.0687. The van der Waals surface area contributed by atoms with Crippen molar-refractivity contribution in [3.8, 4) is 0 Å². The van der Waals surface area contributed by atoms with Gasteiger partial charge in [0, 0.05) is 11.6 Å². The third-order valence-electron chi connectivity index (χ3n) is 4.10. The summed E-state index contributed by atoms with van der Waals surface area (Å²) < 4.78 is 0. The predicted molar refractivity (Wildman–Crippen MR) is 69.9 cm³/mol. The van der Waals surface area contributed by atoms with Gasteiger partial charge in [-0.15, -0.1) is 0 Å². The molecule has 0 aliphatic heterocycles. The van der Waals surface area contributed by atoms with Crippen LogP contribution in [0.4, 0.5) is 0 Å². The van der Waals surface area contributed by atoms with E-state index < -0.39 is 0 Å². The van der Waals surface area contributed by atoms with E-state index in [2.05, 4.69) is 19.2 Å². The van der Waals surface area contributed by atoms with Crippen LogP contribution in [-0.4, -0.2) is 11.9 Å². The lowest BCUT2D eigenvalue weighted by Gasteiger charge is -2.21. The van der Waals surface area contributed by atoms with Gasteiger partial charge in [0.15, 0.2) is 0 Å². The zero-order valence-electron chi connectivity index (χ0n) is 10.6. The van der Waals surface area contributed by atoms with Crippen molar-refractivity contribution in [2.75, 3.05) is 0 Å². The summed E-state index contributed by atoms with van der Waals surface area (Å²) in [6.07, 6.45) is 3.59. The fraction of sp³-hybridized carbons (Fsp3) is 0.533. The van der Waals surface area contributed by atoms with Crippen molar-refractivity contribution in [2.24, 2.45) is 11.8 Å². The second kappa shape index (κ2) is 5.35. The maximum atomic E-state index is 12.0. The molecule has 1 fully saturated rings. The van der Waals surface area contributed by atoms with Crippen LogP contribution >= 0.6 is 0 Å². The molecule has 3 unspecified atom stereocenters. The van der Waals surface area contributed by atoms with Gasteiger partial charge < -0.3 is 5.32 Å². The highest BCUT2D eigenvalue weighted by Crippen LogP contribution is 2.33. The molecule has 0 heterocycles. The van der Waals surface area contributed by atoms with Crippen LogP contribution in [0.25, 0.3) is 0 Å². The monoisotopic (exact) mass is 231 g/mol. The first-order valence-electron chi connectivity index (χ1n) is 6.58. The Balaban J connectivity index is 1.96. The predicted octanol–water partition coefficient (Wildman–Crippen LogP) is 3.24. The zero-order chi connectivity index (χ0) is 12.3. The molecule has 1 aromatic rings. The summed E-state index contributed by atoms with van der Waals surface area (Å²) in [4.78, 5) is 12.0. The van der Waals surface area contributed by atoms with Gasteiger partial charge in [0.25, 0.3) is 5.91 Å². The maximum absolute atomic E-state index is 12.0. The standard InChI is InChI=1S/C15H21NO/c1-3-12-9-10-14(11(12)2)16-15(17)13-7-5-4-6-8-13/h4-8,11-12,14H,3,9-10H2,1-2H3,(H,16,17). The Labute approximate surface area is 103 Å². The van der Waals surface area contributed by atoms with Crippen LogP contribution in [0.3, 0.4) is 0 Å². The van der Waals surface area contributed by atoms with E-state index in [9.17, 15) is 4.79 Å². The van der Waals surface area contributed by atoms with Crippen LogP contribution in [0.15, 0.2) is 30.3 Å². The van der Waals surface area contributed by atoms with Crippen molar-refractivity contribution < 1.29 is 4.79 Å². The normalized spacial score (nSPS) is 28.0. The zero-order valence-corrected chi connectivity index (χ0v) is 10.6. The molecule has 2 rings (SSSR count). The van der Waals surface area contributed by atoms with Gasteiger partial charge in [0.1, 0.15) is 0 Å². The van der Waals surface area contributed by atoms with E-state index in [1.54, 1.807) is 0 Å². The summed E-state index contributed by atoms with van der Waals surface area (Å²) in [5.74, 6) is 1.45. The molecule has 0 radical (unpaired) electrons. The van der Waals surface area contributed by atoms with Gasteiger partial charge in [-0.1, -0.05) is 38.5 Å². The number of benzene rings is 1. The van der Waals surface area contributed by atoms with Crippen LogP contribution in [0.1, 0.15) is 43.5 Å². The van der Waals surface area contributed by atoms with Gasteiger partial charge in [-0.3, -0.25) is 4.79 Å². The summed E-state index contributed by atoms with van der Waals surface area (Å²) in [7, 11) is 0. The molecule has 1 aliphatic carbocycles. The van der Waals surface area contributed by atoms with Crippen molar-refractivity contribution in [1.82, 2.24) is 5.32 Å². The number of rotatable bonds is 3. The minimum atomic E-state index is 0.0687. The summed E-state index contributed by atoms with van der Waals surface area (Å²) in [5, 5.41) is 3.17. The SMILES string of the molecule is CCC1CCC(NC(=O)c2ccccc2)C1C. The maximum Gasteiger partial charge on any atom is 0.251 e. The first kappa shape index (κ1) is 12.2. The molecule has 0 bridgehead atoms. The van der Waals surface area contributed by atoms with Gasteiger partial charge in [-0.2, -0.15) is 0 Å². The summed E-state index contributed by atoms with van der Waals surface area (Å²) in [6, 6.07) is 9.83. The van der Waals surface area contributed by atoms with E-state index in [-0.39, 0.29) is 5.91 Å². The number of hydrogen-bond acceptors (Lipinski definition) is 1. The van der Waals surface area contributed by atoms with Crippen LogP contribution < -0.4 is 5.32 Å². The van der Waals surface area contributed by atoms with Crippen molar-refractivity contribution in [3.63, 3.8) is 0 Å². The van der Waals surface area contributed by atoms with Crippen LogP contribution in [0, 0.1) is 11.8 Å². The second-order valence-electron chi connectivity index (χ2n) is 5.05. The summed E-state index contributed by atoms with van der Waals surface area (Å²) >= 11 is 0. The van der Waals surface area contributed by atoms with Gasteiger partial charge in [0.05, 0.1) is 0 Å². The Morgan fingerprint density at radius 3 is 2.59 bits per heavy atom. The van der Waals surface area contributed by atoms with Crippen LogP contribution in [-0.2, 0) is 0 Å². The molecule has 1 saturated carbocycles. The fourth-order valence-corrected chi connectivity index (χ4v) is 2.87. The first-order valence-corrected chi connectivity index (χ1v) is 6.58. The average molecular weight is 231 g/mol. The molecule has 92 valence electrons. The lowest BCUT2D eigenvalue weighted by molar-refractivity contribution is 0.0926. The van der Waals surface area contributed by atoms with E-state index >= 15 is 0 Å². The van der Waals surface area contributed by atoms with E-state index in [1.807, 2.05) is 30.3 Å². The highest BCUT2D eigenvalue weighted by molar-refractivity contribution is 5.94. The Kier molecular flexibility index (Phi) is 3.82. The van der Waals surface area contributed by atoms with Crippen molar-refractivity contribution in [1.29, 1.82) is 0 Å². The first-order chi connectivity index (χ1) is 8.22. The molecule has 2 heteroatoms. The number of hydrogen-bond donors (Lipinski definition) is 1. The van der Waals surface area contributed by atoms with Crippen molar-refractivity contribution in [3.05, 3.63) is 35.9 Å². The molecule has 0 aromatic heterocycles. The fourth-order valence-electron chi connectivity index (χ4n) is 2.87. The minimum Gasteiger partial charge on any atom is -0.349 e. The van der Waals surface area contributed by atoms with Gasteiger partial charge >= 0.3 is 0 Å². The molecule has 2 nitrogen and oxygen atoms in total. The molecule has 1 amide bonds. The summed E-state index contributed by atoms with van der Waals surface area (Å²) in [6.45, 7) is 4.50. The number of nitrogens with one attached hydrogen (secondary N) is 1. The van der Waals surface area contributed by atoms with Crippen molar-refractivity contribution in [2.45, 2.75) is 39.2 Å². The smallest absolute Gasteiger partial charge is 0.251 e. The van der Waals surface area contributed by atoms with E-state index in [1.165, 1.54) is 12.8 Å². The molecule has 3 atom stereocenters. The van der Waals surface area contributed by atoms with Crippen LogP contribution in [0.5, 0.6) is 0 Å². The Bertz CT molecular complexity index is 374. The molecule has 17 heavy (non-hydrogen) atoms. The third-order valence-corrected chi connectivity index (χ3v) is 4.10. The largest absolute Gasteiger partial charge is 0.349 e. The highest BCUT2D eigenvalue weighted by Gasteiger charge is 2.32. The lowest BCUT2D eigenvalue weighted by atomic mass is 9.93. The topological polar surface area (TPSA) is 29.1 Å². The third kappa shape index (κ3) is 2.68. The average Bonchev–Trinajstić information content (AvgIpc) is 2.71. The number of amides is 1. The second-order valence-corrected chi connectivity index (χ2v) is 5.05. The van der Waals surface area contributed by atoms with E-state index in [0.29, 0.717) is 12.0 Å².